The van der Waals surface area contributed by atoms with Gasteiger partial charge in [0, 0.05) is 32.3 Å². The van der Waals surface area contributed by atoms with E-state index in [2.05, 4.69) is 37.6 Å². The lowest BCUT2D eigenvalue weighted by atomic mass is 9.87. The summed E-state index contributed by atoms with van der Waals surface area (Å²) in [6.45, 7) is 7.92. The molecule has 1 fully saturated rings. The van der Waals surface area contributed by atoms with Crippen molar-refractivity contribution in [2.24, 2.45) is 0 Å². The summed E-state index contributed by atoms with van der Waals surface area (Å²) < 4.78 is 33.0. The molecule has 1 atom stereocenters. The quantitative estimate of drug-likeness (QED) is 0.706. The van der Waals surface area contributed by atoms with Crippen molar-refractivity contribution >= 4 is 15.9 Å². The van der Waals surface area contributed by atoms with E-state index in [1.165, 1.54) is 17.7 Å². The molecule has 1 amide bonds. The van der Waals surface area contributed by atoms with Crippen LogP contribution < -0.4 is 4.72 Å². The van der Waals surface area contributed by atoms with Crippen LogP contribution in [-0.4, -0.2) is 45.5 Å². The van der Waals surface area contributed by atoms with Gasteiger partial charge in [0.2, 0.25) is 10.0 Å². The Hall–Kier alpha value is -2.22. The largest absolute Gasteiger partial charge is 0.377 e. The van der Waals surface area contributed by atoms with Crippen LogP contribution in [0.1, 0.15) is 55.1 Å². The Bertz CT molecular complexity index is 987. The molecule has 1 N–H and O–H groups in total. The number of hydrogen-bond donors (Lipinski definition) is 1. The maximum Gasteiger partial charge on any atom is 0.253 e. The number of rotatable bonds is 7. The summed E-state index contributed by atoms with van der Waals surface area (Å²) in [5.41, 5.74) is 2.82. The molecule has 0 radical (unpaired) electrons. The van der Waals surface area contributed by atoms with E-state index >= 15 is 0 Å². The maximum atomic E-state index is 12.8. The SMILES string of the molecule is CN(Cc1ccc(C(C)(C)C)cc1)C(=O)c1ccc(S(=O)(=O)NCC2CCCO2)cc1. The van der Waals surface area contributed by atoms with Crippen molar-refractivity contribution in [2.45, 2.75) is 56.6 Å². The van der Waals surface area contributed by atoms with Crippen molar-refractivity contribution in [1.82, 2.24) is 9.62 Å². The number of hydrogen-bond acceptors (Lipinski definition) is 4. The number of benzene rings is 2. The molecule has 2 aromatic rings. The van der Waals surface area contributed by atoms with Gasteiger partial charge in [-0.1, -0.05) is 45.0 Å². The van der Waals surface area contributed by atoms with Crippen LogP contribution in [0.3, 0.4) is 0 Å². The monoisotopic (exact) mass is 444 g/mol. The molecule has 1 heterocycles. The zero-order valence-electron chi connectivity index (χ0n) is 18.7. The lowest BCUT2D eigenvalue weighted by Gasteiger charge is -2.21. The Morgan fingerprint density at radius 1 is 1.10 bits per heavy atom. The maximum absolute atomic E-state index is 12.8. The number of amides is 1. The summed E-state index contributed by atoms with van der Waals surface area (Å²) in [4.78, 5) is 14.6. The van der Waals surface area contributed by atoms with Crippen molar-refractivity contribution in [3.05, 3.63) is 65.2 Å². The second kappa shape index (κ2) is 9.51. The third kappa shape index (κ3) is 6.15. The first kappa shape index (κ1) is 23.4. The summed E-state index contributed by atoms with van der Waals surface area (Å²) >= 11 is 0. The molecule has 0 aromatic heterocycles. The fourth-order valence-corrected chi connectivity index (χ4v) is 4.61. The lowest BCUT2D eigenvalue weighted by Crippen LogP contribution is -2.32. The minimum absolute atomic E-state index is 0.0678. The van der Waals surface area contributed by atoms with E-state index in [1.54, 1.807) is 24.1 Å². The van der Waals surface area contributed by atoms with E-state index in [-0.39, 0.29) is 28.9 Å². The zero-order chi connectivity index (χ0) is 22.6. The topological polar surface area (TPSA) is 75.7 Å². The predicted octanol–water partition coefficient (Wildman–Crippen LogP) is 3.71. The van der Waals surface area contributed by atoms with Crippen molar-refractivity contribution in [3.63, 3.8) is 0 Å². The molecular weight excluding hydrogens is 412 g/mol. The first-order chi connectivity index (χ1) is 14.6. The molecule has 1 aliphatic rings. The van der Waals surface area contributed by atoms with Crippen molar-refractivity contribution in [2.75, 3.05) is 20.2 Å². The van der Waals surface area contributed by atoms with Crippen LogP contribution in [0.4, 0.5) is 0 Å². The fourth-order valence-electron chi connectivity index (χ4n) is 3.54. The van der Waals surface area contributed by atoms with Gasteiger partial charge in [0.05, 0.1) is 11.0 Å². The zero-order valence-corrected chi connectivity index (χ0v) is 19.5. The molecule has 1 unspecified atom stereocenters. The average Bonchev–Trinajstić information content (AvgIpc) is 3.25. The van der Waals surface area contributed by atoms with E-state index in [4.69, 9.17) is 4.74 Å². The van der Waals surface area contributed by atoms with Crippen LogP contribution in [0.15, 0.2) is 53.4 Å². The molecule has 0 spiro atoms. The molecule has 1 saturated heterocycles. The first-order valence-corrected chi connectivity index (χ1v) is 12.1. The third-order valence-electron chi connectivity index (χ3n) is 5.52. The van der Waals surface area contributed by atoms with Crippen LogP contribution in [0.2, 0.25) is 0 Å². The van der Waals surface area contributed by atoms with E-state index in [0.29, 0.717) is 18.7 Å². The van der Waals surface area contributed by atoms with Crippen LogP contribution >= 0.6 is 0 Å². The third-order valence-corrected chi connectivity index (χ3v) is 6.96. The Kier molecular flexibility index (Phi) is 7.19. The number of nitrogens with one attached hydrogen (secondary N) is 1. The minimum Gasteiger partial charge on any atom is -0.377 e. The van der Waals surface area contributed by atoms with E-state index in [1.807, 2.05) is 12.1 Å². The second-order valence-corrected chi connectivity index (χ2v) is 10.9. The van der Waals surface area contributed by atoms with Gasteiger partial charge in [0.15, 0.2) is 0 Å². The molecule has 7 heteroatoms. The highest BCUT2D eigenvalue weighted by Gasteiger charge is 2.21. The molecule has 0 saturated carbocycles. The van der Waals surface area contributed by atoms with Crippen molar-refractivity contribution in [3.8, 4) is 0 Å². The highest BCUT2D eigenvalue weighted by molar-refractivity contribution is 7.89. The van der Waals surface area contributed by atoms with E-state index < -0.39 is 10.0 Å². The molecule has 2 aromatic carbocycles. The standard InChI is InChI=1S/C24H32N2O4S/c1-24(2,3)20-11-7-18(8-12-20)17-26(4)23(27)19-9-13-22(14-10-19)31(28,29)25-16-21-6-5-15-30-21/h7-14,21,25H,5-6,15-17H2,1-4H3. The van der Waals surface area contributed by atoms with E-state index in [9.17, 15) is 13.2 Å². The van der Waals surface area contributed by atoms with Crippen LogP contribution in [-0.2, 0) is 26.7 Å². The summed E-state index contributed by atoms with van der Waals surface area (Å²) in [6, 6.07) is 14.3. The van der Waals surface area contributed by atoms with Crippen LogP contribution in [0, 0.1) is 0 Å². The summed E-state index contributed by atoms with van der Waals surface area (Å²) in [7, 11) is -1.89. The van der Waals surface area contributed by atoms with Crippen LogP contribution in [0.25, 0.3) is 0 Å². The molecule has 168 valence electrons. The number of sulfonamides is 1. The number of ether oxygens (including phenoxy) is 1. The predicted molar refractivity (Wildman–Crippen MR) is 122 cm³/mol. The number of nitrogens with zero attached hydrogens (tertiary/aromatic N) is 1. The van der Waals surface area contributed by atoms with Gasteiger partial charge in [0.25, 0.3) is 5.91 Å². The van der Waals surface area contributed by atoms with Gasteiger partial charge in [-0.2, -0.15) is 0 Å². The Balaban J connectivity index is 1.61. The number of carbonyl (C=O) groups is 1. The molecule has 3 rings (SSSR count). The van der Waals surface area contributed by atoms with E-state index in [0.717, 1.165) is 18.4 Å². The summed E-state index contributed by atoms with van der Waals surface area (Å²) in [5.74, 6) is -0.156. The molecule has 1 aliphatic heterocycles. The van der Waals surface area contributed by atoms with Gasteiger partial charge >= 0.3 is 0 Å². The van der Waals surface area contributed by atoms with Crippen molar-refractivity contribution in [1.29, 1.82) is 0 Å². The van der Waals surface area contributed by atoms with Gasteiger partial charge in [-0.15, -0.1) is 0 Å². The minimum atomic E-state index is -3.63. The van der Waals surface area contributed by atoms with Gasteiger partial charge in [-0.25, -0.2) is 13.1 Å². The Morgan fingerprint density at radius 3 is 2.29 bits per heavy atom. The molecule has 6 nitrogen and oxygen atoms in total. The molecule has 0 aliphatic carbocycles. The molecular formula is C24H32N2O4S. The Labute approximate surface area is 185 Å². The van der Waals surface area contributed by atoms with Gasteiger partial charge in [0.1, 0.15) is 0 Å². The van der Waals surface area contributed by atoms with Gasteiger partial charge < -0.3 is 9.64 Å². The van der Waals surface area contributed by atoms with Gasteiger partial charge in [-0.05, 0) is 53.6 Å². The van der Waals surface area contributed by atoms with Crippen LogP contribution in [0.5, 0.6) is 0 Å². The lowest BCUT2D eigenvalue weighted by molar-refractivity contribution is 0.0785. The summed E-state index contributed by atoms with van der Waals surface area (Å²) in [5, 5.41) is 0. The number of carbonyl (C=O) groups excluding carboxylic acids is 1. The molecule has 31 heavy (non-hydrogen) atoms. The second-order valence-electron chi connectivity index (χ2n) is 9.12. The highest BCUT2D eigenvalue weighted by atomic mass is 32.2. The van der Waals surface area contributed by atoms with Crippen molar-refractivity contribution < 1.29 is 17.9 Å². The normalized spacial score (nSPS) is 17.0. The highest BCUT2D eigenvalue weighted by Crippen LogP contribution is 2.22. The smallest absolute Gasteiger partial charge is 0.253 e. The fraction of sp³-hybridized carbons (Fsp3) is 0.458. The average molecular weight is 445 g/mol. The molecule has 0 bridgehead atoms. The Morgan fingerprint density at radius 2 is 1.74 bits per heavy atom. The summed E-state index contributed by atoms with van der Waals surface area (Å²) in [6.07, 6.45) is 1.75. The first-order valence-electron chi connectivity index (χ1n) is 10.6. The van der Waals surface area contributed by atoms with Gasteiger partial charge in [-0.3, -0.25) is 4.79 Å².